The summed E-state index contributed by atoms with van der Waals surface area (Å²) in [5, 5.41) is 0. The molecule has 0 rings (SSSR count). The summed E-state index contributed by atoms with van der Waals surface area (Å²) in [6, 6.07) is 0. The van der Waals surface area contributed by atoms with Crippen molar-refractivity contribution < 1.29 is 14.2 Å². The van der Waals surface area contributed by atoms with Crippen LogP contribution in [-0.4, -0.2) is 24.3 Å². The van der Waals surface area contributed by atoms with E-state index in [4.69, 9.17) is 14.2 Å². The molecule has 0 aromatic rings. The molecule has 3 nitrogen and oxygen atoms in total. The Morgan fingerprint density at radius 1 is 0.812 bits per heavy atom. The number of hydrogen-bond acceptors (Lipinski definition) is 3. The van der Waals surface area contributed by atoms with Gasteiger partial charge in [-0.15, -0.1) is 0 Å². The van der Waals surface area contributed by atoms with Crippen LogP contribution in [0.5, 0.6) is 0 Å². The van der Waals surface area contributed by atoms with Gasteiger partial charge in [-0.25, -0.2) is 0 Å². The molecular weight excluding hydrogens is 204 g/mol. The van der Waals surface area contributed by atoms with Gasteiger partial charge in [0.1, 0.15) is 0 Å². The van der Waals surface area contributed by atoms with E-state index in [1.807, 2.05) is 41.5 Å². The van der Waals surface area contributed by atoms with Gasteiger partial charge in [-0.1, -0.05) is 6.92 Å². The molecule has 0 aliphatic rings. The second-order valence-corrected chi connectivity index (χ2v) is 4.79. The zero-order valence-electron chi connectivity index (χ0n) is 11.6. The predicted octanol–water partition coefficient (Wildman–Crippen LogP) is 3.53. The van der Waals surface area contributed by atoms with Gasteiger partial charge in [-0.3, -0.25) is 0 Å². The van der Waals surface area contributed by atoms with E-state index in [-0.39, 0.29) is 18.3 Å². The summed E-state index contributed by atoms with van der Waals surface area (Å²) >= 11 is 0. The zero-order chi connectivity index (χ0) is 12.8. The lowest BCUT2D eigenvalue weighted by molar-refractivity contribution is -0.411. The van der Waals surface area contributed by atoms with Crippen LogP contribution in [0, 0.1) is 6.92 Å². The van der Waals surface area contributed by atoms with Gasteiger partial charge in [-0.2, -0.15) is 0 Å². The minimum atomic E-state index is -0.946. The Morgan fingerprint density at radius 3 is 1.31 bits per heavy atom. The number of ether oxygens (including phenoxy) is 3. The highest BCUT2D eigenvalue weighted by molar-refractivity contribution is 4.64. The van der Waals surface area contributed by atoms with Crippen LogP contribution < -0.4 is 0 Å². The fourth-order valence-corrected chi connectivity index (χ4v) is 1.55. The fraction of sp³-hybridized carbons (Fsp3) is 0.923. The van der Waals surface area contributed by atoms with Crippen LogP contribution in [0.2, 0.25) is 0 Å². The van der Waals surface area contributed by atoms with Gasteiger partial charge < -0.3 is 14.2 Å². The van der Waals surface area contributed by atoms with Crippen molar-refractivity contribution in [3.8, 4) is 0 Å². The molecule has 0 atom stereocenters. The largest absolute Gasteiger partial charge is 0.325 e. The van der Waals surface area contributed by atoms with Crippen LogP contribution in [0.1, 0.15) is 54.4 Å². The molecule has 97 valence electrons. The van der Waals surface area contributed by atoms with Crippen LogP contribution in [-0.2, 0) is 14.2 Å². The maximum Gasteiger partial charge on any atom is 0.283 e. The summed E-state index contributed by atoms with van der Waals surface area (Å²) in [6.07, 6.45) is 1.53. The van der Waals surface area contributed by atoms with Gasteiger partial charge >= 0.3 is 0 Å². The third-order valence-electron chi connectivity index (χ3n) is 1.73. The Labute approximate surface area is 100 Å². The van der Waals surface area contributed by atoms with Crippen molar-refractivity contribution in [1.29, 1.82) is 0 Å². The van der Waals surface area contributed by atoms with Gasteiger partial charge in [0.2, 0.25) is 0 Å². The highest BCUT2D eigenvalue weighted by Crippen LogP contribution is 2.27. The van der Waals surface area contributed by atoms with Crippen molar-refractivity contribution in [2.75, 3.05) is 0 Å². The average Bonchev–Trinajstić information content (AvgIpc) is 1.98. The summed E-state index contributed by atoms with van der Waals surface area (Å²) in [5.74, 6) is -0.946. The second kappa shape index (κ2) is 7.25. The van der Waals surface area contributed by atoms with Crippen LogP contribution in [0.25, 0.3) is 0 Å². The Hall–Kier alpha value is -0.120. The Balaban J connectivity index is 4.72. The Bertz CT molecular complexity index is 149. The summed E-state index contributed by atoms with van der Waals surface area (Å²) in [4.78, 5) is 0. The van der Waals surface area contributed by atoms with E-state index in [0.717, 1.165) is 0 Å². The van der Waals surface area contributed by atoms with E-state index >= 15 is 0 Å². The average molecular weight is 231 g/mol. The maximum atomic E-state index is 5.82. The van der Waals surface area contributed by atoms with Crippen LogP contribution >= 0.6 is 0 Å². The predicted molar refractivity (Wildman–Crippen MR) is 66.0 cm³/mol. The molecule has 0 aliphatic carbocycles. The molecule has 0 aliphatic heterocycles. The minimum Gasteiger partial charge on any atom is -0.325 e. The molecule has 0 aromatic carbocycles. The quantitative estimate of drug-likeness (QED) is 0.598. The van der Waals surface area contributed by atoms with Crippen LogP contribution in [0.4, 0.5) is 0 Å². The SMILES string of the molecule is [CH2]CCC(OC(C)C)(OC(C)C)OC(C)C. The van der Waals surface area contributed by atoms with Crippen molar-refractivity contribution in [2.45, 2.75) is 78.7 Å². The lowest BCUT2D eigenvalue weighted by Crippen LogP contribution is -2.44. The van der Waals surface area contributed by atoms with E-state index in [1.165, 1.54) is 0 Å². The molecule has 0 heterocycles. The van der Waals surface area contributed by atoms with Crippen LogP contribution in [0.15, 0.2) is 0 Å². The molecule has 0 amide bonds. The Morgan fingerprint density at radius 2 is 1.12 bits per heavy atom. The van der Waals surface area contributed by atoms with Crippen molar-refractivity contribution >= 4 is 0 Å². The molecule has 3 heteroatoms. The lowest BCUT2D eigenvalue weighted by Gasteiger charge is -2.37. The smallest absolute Gasteiger partial charge is 0.283 e. The van der Waals surface area contributed by atoms with Crippen molar-refractivity contribution in [3.05, 3.63) is 6.92 Å². The highest BCUT2D eigenvalue weighted by Gasteiger charge is 2.36. The third-order valence-corrected chi connectivity index (χ3v) is 1.73. The lowest BCUT2D eigenvalue weighted by atomic mass is 10.2. The minimum absolute atomic E-state index is 0.0593. The van der Waals surface area contributed by atoms with Gasteiger partial charge in [-0.05, 0) is 48.0 Å². The van der Waals surface area contributed by atoms with E-state index in [2.05, 4.69) is 6.92 Å². The maximum absolute atomic E-state index is 5.82. The summed E-state index contributed by atoms with van der Waals surface area (Å²) in [7, 11) is 0. The number of rotatable bonds is 8. The molecule has 0 saturated carbocycles. The van der Waals surface area contributed by atoms with E-state index < -0.39 is 5.97 Å². The first-order chi connectivity index (χ1) is 7.31. The zero-order valence-corrected chi connectivity index (χ0v) is 11.6. The second-order valence-electron chi connectivity index (χ2n) is 4.79. The molecule has 0 saturated heterocycles. The summed E-state index contributed by atoms with van der Waals surface area (Å²) in [5.41, 5.74) is 0. The molecule has 0 N–H and O–H groups in total. The normalized spacial score (nSPS) is 13.1. The van der Waals surface area contributed by atoms with E-state index in [1.54, 1.807) is 0 Å². The standard InChI is InChI=1S/C13H27O3/c1-8-9-13(14-10(2)3,15-11(4)5)16-12(6)7/h10-12H,1,8-9H2,2-7H3. The molecule has 0 spiro atoms. The topological polar surface area (TPSA) is 27.7 Å². The number of hydrogen-bond donors (Lipinski definition) is 0. The van der Waals surface area contributed by atoms with Crippen LogP contribution in [0.3, 0.4) is 0 Å². The van der Waals surface area contributed by atoms with Crippen molar-refractivity contribution in [3.63, 3.8) is 0 Å². The Kier molecular flexibility index (Phi) is 7.20. The van der Waals surface area contributed by atoms with Crippen molar-refractivity contribution in [2.24, 2.45) is 0 Å². The molecule has 0 unspecified atom stereocenters. The van der Waals surface area contributed by atoms with E-state index in [0.29, 0.717) is 12.8 Å². The monoisotopic (exact) mass is 231 g/mol. The van der Waals surface area contributed by atoms with Gasteiger partial charge in [0.15, 0.2) is 0 Å². The fourth-order valence-electron chi connectivity index (χ4n) is 1.55. The van der Waals surface area contributed by atoms with Gasteiger partial charge in [0.05, 0.1) is 18.3 Å². The first kappa shape index (κ1) is 15.9. The molecule has 16 heavy (non-hydrogen) atoms. The van der Waals surface area contributed by atoms with Gasteiger partial charge in [0.25, 0.3) is 5.97 Å². The third kappa shape index (κ3) is 6.46. The summed E-state index contributed by atoms with van der Waals surface area (Å²) in [6.45, 7) is 15.7. The summed E-state index contributed by atoms with van der Waals surface area (Å²) < 4.78 is 17.4. The molecular formula is C13H27O3. The molecule has 0 aromatic heterocycles. The highest BCUT2D eigenvalue weighted by atomic mass is 16.9. The molecule has 0 fully saturated rings. The molecule has 0 bridgehead atoms. The van der Waals surface area contributed by atoms with E-state index in [9.17, 15) is 0 Å². The first-order valence-electron chi connectivity index (χ1n) is 6.14. The van der Waals surface area contributed by atoms with Gasteiger partial charge in [0, 0.05) is 6.42 Å². The molecule has 1 radical (unpaired) electrons. The first-order valence-corrected chi connectivity index (χ1v) is 6.14. The van der Waals surface area contributed by atoms with Crippen molar-refractivity contribution in [1.82, 2.24) is 0 Å².